The van der Waals surface area contributed by atoms with Crippen molar-refractivity contribution in [3.05, 3.63) is 56.7 Å². The molecule has 0 saturated heterocycles. The van der Waals surface area contributed by atoms with Gasteiger partial charge in [0.2, 0.25) is 5.91 Å². The maximum Gasteiger partial charge on any atom is 0.405 e. The molecule has 0 saturated carbocycles. The Balaban J connectivity index is 2.13. The number of imidazole rings is 1. The Hall–Kier alpha value is -2.62. The summed E-state index contributed by atoms with van der Waals surface area (Å²) in [6, 6.07) is 8.59. The highest BCUT2D eigenvalue weighted by molar-refractivity contribution is 9.10. The lowest BCUT2D eigenvalue weighted by Gasteiger charge is -2.09. The van der Waals surface area contributed by atoms with Crippen LogP contribution < -0.4 is 11.0 Å². The molecule has 0 aliphatic heterocycles. The fraction of sp³-hybridized carbons (Fsp3) is 0.278. The summed E-state index contributed by atoms with van der Waals surface area (Å²) in [6.45, 7) is 1.58. The number of nitrogens with zero attached hydrogens (tertiary/aromatic N) is 3. The van der Waals surface area contributed by atoms with Gasteiger partial charge in [-0.15, -0.1) is 0 Å². The molecule has 0 unspecified atom stereocenters. The van der Waals surface area contributed by atoms with E-state index in [1.54, 1.807) is 36.5 Å². The Morgan fingerprint density at radius 1 is 1.21 bits per heavy atom. The van der Waals surface area contributed by atoms with Crippen LogP contribution in [0.2, 0.25) is 0 Å². The summed E-state index contributed by atoms with van der Waals surface area (Å²) in [7, 11) is 0. The minimum atomic E-state index is -4.52. The predicted molar refractivity (Wildman–Crippen MR) is 102 cm³/mol. The normalized spacial score (nSPS) is 11.8. The predicted octanol–water partition coefficient (Wildman–Crippen LogP) is 3.25. The zero-order valence-electron chi connectivity index (χ0n) is 15.0. The molecule has 3 aromatic rings. The van der Waals surface area contributed by atoms with E-state index in [-0.39, 0.29) is 0 Å². The van der Waals surface area contributed by atoms with E-state index < -0.39 is 30.9 Å². The molecule has 2 heterocycles. The van der Waals surface area contributed by atoms with Crippen LogP contribution in [0.1, 0.15) is 11.3 Å². The van der Waals surface area contributed by atoms with Gasteiger partial charge < -0.3 is 5.32 Å². The van der Waals surface area contributed by atoms with Gasteiger partial charge in [-0.25, -0.2) is 9.78 Å². The van der Waals surface area contributed by atoms with Crippen molar-refractivity contribution in [2.24, 2.45) is 0 Å². The SMILES string of the molecule is Cc1nc(Br)ccc1-n1c(=O)n(CC(=O)NCC(F)(F)F)c2cccc(C)c21. The molecule has 148 valence electrons. The summed E-state index contributed by atoms with van der Waals surface area (Å²) >= 11 is 3.27. The molecule has 0 atom stereocenters. The molecule has 2 aromatic heterocycles. The van der Waals surface area contributed by atoms with Crippen molar-refractivity contribution >= 4 is 32.9 Å². The third-order valence-electron chi connectivity index (χ3n) is 4.21. The van der Waals surface area contributed by atoms with Gasteiger partial charge in [0.1, 0.15) is 17.7 Å². The first-order chi connectivity index (χ1) is 13.1. The Morgan fingerprint density at radius 2 is 1.93 bits per heavy atom. The van der Waals surface area contributed by atoms with Gasteiger partial charge in [-0.05, 0) is 53.5 Å². The van der Waals surface area contributed by atoms with E-state index in [9.17, 15) is 22.8 Å². The number of aromatic nitrogens is 3. The van der Waals surface area contributed by atoms with Crippen LogP contribution in [0.4, 0.5) is 13.2 Å². The molecule has 28 heavy (non-hydrogen) atoms. The number of halogens is 4. The maximum atomic E-state index is 13.1. The summed E-state index contributed by atoms with van der Waals surface area (Å²) in [5, 5.41) is 1.79. The molecule has 0 aliphatic rings. The third kappa shape index (κ3) is 3.96. The summed E-state index contributed by atoms with van der Waals surface area (Å²) < 4.78 is 40.2. The number of alkyl halides is 3. The molecular formula is C18H16BrF3N4O2. The molecule has 1 aromatic carbocycles. The van der Waals surface area contributed by atoms with Crippen LogP contribution in [0, 0.1) is 13.8 Å². The summed E-state index contributed by atoms with van der Waals surface area (Å²) in [4.78, 5) is 29.4. The number of hydrogen-bond donors (Lipinski definition) is 1. The number of para-hydroxylation sites is 1. The van der Waals surface area contributed by atoms with Crippen LogP contribution in [-0.2, 0) is 11.3 Å². The molecule has 1 amide bonds. The zero-order valence-corrected chi connectivity index (χ0v) is 16.6. The number of carbonyl (C=O) groups is 1. The molecule has 0 spiro atoms. The lowest BCUT2D eigenvalue weighted by atomic mass is 10.2. The highest BCUT2D eigenvalue weighted by Crippen LogP contribution is 2.23. The van der Waals surface area contributed by atoms with E-state index in [2.05, 4.69) is 20.9 Å². The van der Waals surface area contributed by atoms with Crippen molar-refractivity contribution in [2.45, 2.75) is 26.6 Å². The van der Waals surface area contributed by atoms with Gasteiger partial charge in [0.15, 0.2) is 0 Å². The largest absolute Gasteiger partial charge is 0.405 e. The number of fused-ring (bicyclic) bond motifs is 1. The second-order valence-electron chi connectivity index (χ2n) is 6.28. The second-order valence-corrected chi connectivity index (χ2v) is 7.09. The minimum absolute atomic E-state index is 0.453. The molecular weight excluding hydrogens is 441 g/mol. The van der Waals surface area contributed by atoms with Crippen LogP contribution in [0.3, 0.4) is 0 Å². The smallest absolute Gasteiger partial charge is 0.345 e. The minimum Gasteiger partial charge on any atom is -0.345 e. The molecule has 0 aliphatic carbocycles. The van der Waals surface area contributed by atoms with Crippen LogP contribution in [0.15, 0.2) is 39.7 Å². The van der Waals surface area contributed by atoms with Gasteiger partial charge in [-0.2, -0.15) is 13.2 Å². The summed E-state index contributed by atoms with van der Waals surface area (Å²) in [5.74, 6) is -0.898. The average molecular weight is 457 g/mol. The first-order valence-corrected chi connectivity index (χ1v) is 9.05. The number of amides is 1. The van der Waals surface area contributed by atoms with Crippen molar-refractivity contribution in [1.29, 1.82) is 0 Å². The number of benzene rings is 1. The standard InChI is InChI=1S/C18H16BrF3N4O2/c1-10-4-3-5-13-16(10)26(12-6-7-14(19)24-11(12)2)17(28)25(13)8-15(27)23-9-18(20,21)22/h3-7H,8-9H2,1-2H3,(H,23,27). The molecule has 1 N–H and O–H groups in total. The van der Waals surface area contributed by atoms with Gasteiger partial charge >= 0.3 is 11.9 Å². The molecule has 0 radical (unpaired) electrons. The molecule has 3 rings (SSSR count). The van der Waals surface area contributed by atoms with Crippen LogP contribution in [-0.4, -0.2) is 32.7 Å². The first-order valence-electron chi connectivity index (χ1n) is 8.26. The van der Waals surface area contributed by atoms with Crippen LogP contribution in [0.25, 0.3) is 16.7 Å². The molecule has 6 nitrogen and oxygen atoms in total. The number of hydrogen-bond acceptors (Lipinski definition) is 3. The lowest BCUT2D eigenvalue weighted by Crippen LogP contribution is -2.38. The number of nitrogens with one attached hydrogen (secondary N) is 1. The van der Waals surface area contributed by atoms with E-state index in [1.807, 2.05) is 13.0 Å². The van der Waals surface area contributed by atoms with Crippen molar-refractivity contribution in [1.82, 2.24) is 19.4 Å². The van der Waals surface area contributed by atoms with Gasteiger partial charge in [-0.1, -0.05) is 12.1 Å². The Kier molecular flexibility index (Phi) is 5.33. The van der Waals surface area contributed by atoms with Crippen molar-refractivity contribution in [2.75, 3.05) is 6.54 Å². The highest BCUT2D eigenvalue weighted by Gasteiger charge is 2.28. The molecule has 0 bridgehead atoms. The van der Waals surface area contributed by atoms with Gasteiger partial charge in [0, 0.05) is 0 Å². The topological polar surface area (TPSA) is 68.9 Å². The lowest BCUT2D eigenvalue weighted by molar-refractivity contribution is -0.138. The first kappa shape index (κ1) is 20.1. The van der Waals surface area contributed by atoms with Gasteiger partial charge in [-0.3, -0.25) is 13.9 Å². The second kappa shape index (κ2) is 7.42. The van der Waals surface area contributed by atoms with Gasteiger partial charge in [0.05, 0.1) is 22.4 Å². The number of carbonyl (C=O) groups excluding carboxylic acids is 1. The maximum absolute atomic E-state index is 13.1. The van der Waals surface area contributed by atoms with Crippen molar-refractivity contribution < 1.29 is 18.0 Å². The fourth-order valence-electron chi connectivity index (χ4n) is 3.01. The highest BCUT2D eigenvalue weighted by atomic mass is 79.9. The third-order valence-corrected chi connectivity index (χ3v) is 4.65. The van der Waals surface area contributed by atoms with E-state index in [0.29, 0.717) is 27.0 Å². The summed E-state index contributed by atoms with van der Waals surface area (Å²) in [5.41, 5.74) is 2.39. The van der Waals surface area contributed by atoms with E-state index >= 15 is 0 Å². The van der Waals surface area contributed by atoms with E-state index in [0.717, 1.165) is 10.1 Å². The van der Waals surface area contributed by atoms with Crippen LogP contribution in [0.5, 0.6) is 0 Å². The monoisotopic (exact) mass is 456 g/mol. The Bertz CT molecular complexity index is 1120. The molecule has 10 heteroatoms. The number of pyridine rings is 1. The zero-order chi connectivity index (χ0) is 20.6. The van der Waals surface area contributed by atoms with E-state index in [1.165, 1.54) is 4.57 Å². The van der Waals surface area contributed by atoms with Crippen molar-refractivity contribution in [3.8, 4) is 5.69 Å². The average Bonchev–Trinajstić information content (AvgIpc) is 2.86. The Morgan fingerprint density at radius 3 is 2.57 bits per heavy atom. The van der Waals surface area contributed by atoms with Crippen LogP contribution >= 0.6 is 15.9 Å². The Labute approximate surface area is 166 Å². The van der Waals surface area contributed by atoms with Gasteiger partial charge in [0.25, 0.3) is 0 Å². The molecule has 0 fully saturated rings. The summed E-state index contributed by atoms with van der Waals surface area (Å²) in [6.07, 6.45) is -4.52. The number of rotatable bonds is 4. The van der Waals surface area contributed by atoms with E-state index in [4.69, 9.17) is 0 Å². The number of aryl methyl sites for hydroxylation is 2. The fourth-order valence-corrected chi connectivity index (χ4v) is 3.40. The van der Waals surface area contributed by atoms with Crippen molar-refractivity contribution in [3.63, 3.8) is 0 Å². The quantitative estimate of drug-likeness (QED) is 0.612.